The lowest BCUT2D eigenvalue weighted by Crippen LogP contribution is -2.21. The summed E-state index contributed by atoms with van der Waals surface area (Å²) in [5.41, 5.74) is 3.78. The fraction of sp³-hybridized carbons (Fsp3) is 0.238. The molecule has 7 heteroatoms. The van der Waals surface area contributed by atoms with Gasteiger partial charge in [-0.15, -0.1) is 11.8 Å². The minimum absolute atomic E-state index is 0.0139. The maximum absolute atomic E-state index is 13.3. The van der Waals surface area contributed by atoms with Gasteiger partial charge in [-0.2, -0.15) is 5.10 Å². The Morgan fingerprint density at radius 3 is 2.75 bits per heavy atom. The van der Waals surface area contributed by atoms with Crippen molar-refractivity contribution >= 4 is 23.5 Å². The Hall–Kier alpha value is -2.80. The van der Waals surface area contributed by atoms with E-state index in [2.05, 4.69) is 15.5 Å². The third kappa shape index (κ3) is 3.75. The van der Waals surface area contributed by atoms with Gasteiger partial charge in [0.1, 0.15) is 18.2 Å². The summed E-state index contributed by atoms with van der Waals surface area (Å²) in [5.74, 6) is 0.981. The third-order valence-electron chi connectivity index (χ3n) is 4.69. The molecule has 1 amide bonds. The number of hydrogen-bond donors (Lipinski definition) is 2. The molecule has 0 spiro atoms. The molecule has 0 bridgehead atoms. The lowest BCUT2D eigenvalue weighted by atomic mass is 10.0. The van der Waals surface area contributed by atoms with Crippen molar-refractivity contribution in [3.8, 4) is 5.75 Å². The van der Waals surface area contributed by atoms with E-state index >= 15 is 0 Å². The average molecular weight is 397 g/mol. The lowest BCUT2D eigenvalue weighted by molar-refractivity contribution is -0.115. The van der Waals surface area contributed by atoms with E-state index in [9.17, 15) is 9.18 Å². The van der Waals surface area contributed by atoms with Gasteiger partial charge < -0.3 is 10.1 Å². The second-order valence-electron chi connectivity index (χ2n) is 6.75. The monoisotopic (exact) mass is 397 g/mol. The van der Waals surface area contributed by atoms with E-state index in [4.69, 9.17) is 4.74 Å². The number of hydrogen-bond acceptors (Lipinski definition) is 4. The van der Waals surface area contributed by atoms with E-state index in [0.29, 0.717) is 18.2 Å². The van der Waals surface area contributed by atoms with Crippen LogP contribution in [0.2, 0.25) is 0 Å². The van der Waals surface area contributed by atoms with Gasteiger partial charge in [-0.3, -0.25) is 9.89 Å². The molecular weight excluding hydrogens is 377 g/mol. The summed E-state index contributed by atoms with van der Waals surface area (Å²) in [7, 11) is 0. The Kier molecular flexibility index (Phi) is 5.09. The summed E-state index contributed by atoms with van der Waals surface area (Å²) < 4.78 is 19.0. The van der Waals surface area contributed by atoms with Crippen molar-refractivity contribution < 1.29 is 13.9 Å². The lowest BCUT2D eigenvalue weighted by Gasteiger charge is -2.18. The summed E-state index contributed by atoms with van der Waals surface area (Å²) in [6.45, 7) is 4.15. The Bertz CT molecular complexity index is 1000. The van der Waals surface area contributed by atoms with Crippen LogP contribution in [-0.2, 0) is 11.4 Å². The molecule has 0 radical (unpaired) electrons. The molecule has 2 heterocycles. The van der Waals surface area contributed by atoms with Crippen LogP contribution in [0.25, 0.3) is 0 Å². The first-order valence-electron chi connectivity index (χ1n) is 8.99. The number of carbonyl (C=O) groups is 1. The van der Waals surface area contributed by atoms with Gasteiger partial charge in [0, 0.05) is 11.3 Å². The van der Waals surface area contributed by atoms with Crippen molar-refractivity contribution in [1.82, 2.24) is 10.2 Å². The van der Waals surface area contributed by atoms with Gasteiger partial charge in [-0.1, -0.05) is 24.3 Å². The highest BCUT2D eigenvalue weighted by molar-refractivity contribution is 8.01. The first kappa shape index (κ1) is 18.6. The van der Waals surface area contributed by atoms with E-state index in [1.165, 1.54) is 12.1 Å². The summed E-state index contributed by atoms with van der Waals surface area (Å²) in [6.07, 6.45) is 0. The standard InChI is InChI=1S/C21H20FN3O2S/c1-12-18-19(28-13(2)21(26)23-20(18)25-24-12)15-6-8-17(9-7-15)27-11-14-4-3-5-16(22)10-14/h3-10,13,19H,11H2,1-2H3,(H2,23,24,25,26)/t13-,19-/m0/s1. The predicted molar refractivity (Wildman–Crippen MR) is 108 cm³/mol. The largest absolute Gasteiger partial charge is 0.489 e. The molecule has 5 nitrogen and oxygen atoms in total. The number of nitrogens with one attached hydrogen (secondary N) is 2. The van der Waals surface area contributed by atoms with Crippen molar-refractivity contribution in [2.75, 3.05) is 5.32 Å². The Morgan fingerprint density at radius 1 is 1.21 bits per heavy atom. The molecule has 2 N–H and O–H groups in total. The highest BCUT2D eigenvalue weighted by Crippen LogP contribution is 2.44. The fourth-order valence-corrected chi connectivity index (χ4v) is 4.51. The molecule has 28 heavy (non-hydrogen) atoms. The van der Waals surface area contributed by atoms with E-state index in [1.54, 1.807) is 17.8 Å². The van der Waals surface area contributed by atoms with Crippen molar-refractivity contribution in [2.24, 2.45) is 0 Å². The Morgan fingerprint density at radius 2 is 2.00 bits per heavy atom. The second-order valence-corrected chi connectivity index (χ2v) is 8.20. The van der Waals surface area contributed by atoms with E-state index in [-0.39, 0.29) is 22.2 Å². The summed E-state index contributed by atoms with van der Waals surface area (Å²) in [5, 5.41) is 9.89. The number of amides is 1. The maximum Gasteiger partial charge on any atom is 0.238 e. The van der Waals surface area contributed by atoms with E-state index in [1.807, 2.05) is 44.2 Å². The van der Waals surface area contributed by atoms with Crippen LogP contribution in [0.5, 0.6) is 5.75 Å². The van der Waals surface area contributed by atoms with Gasteiger partial charge in [-0.05, 0) is 49.2 Å². The second kappa shape index (κ2) is 7.67. The number of nitrogens with zero attached hydrogens (tertiary/aromatic N) is 1. The summed E-state index contributed by atoms with van der Waals surface area (Å²) in [4.78, 5) is 12.2. The average Bonchev–Trinajstić information content (AvgIpc) is 2.98. The van der Waals surface area contributed by atoms with Crippen molar-refractivity contribution in [1.29, 1.82) is 0 Å². The minimum Gasteiger partial charge on any atom is -0.489 e. The molecule has 2 aromatic carbocycles. The van der Waals surface area contributed by atoms with Gasteiger partial charge in [0.05, 0.1) is 10.5 Å². The molecular formula is C21H20FN3O2S. The van der Waals surface area contributed by atoms with Gasteiger partial charge in [0.2, 0.25) is 5.91 Å². The number of benzene rings is 2. The molecule has 0 saturated carbocycles. The zero-order valence-electron chi connectivity index (χ0n) is 15.5. The van der Waals surface area contributed by atoms with Crippen LogP contribution in [0.4, 0.5) is 10.2 Å². The van der Waals surface area contributed by atoms with Crippen molar-refractivity contribution in [2.45, 2.75) is 31.0 Å². The molecule has 1 aliphatic heterocycles. The van der Waals surface area contributed by atoms with E-state index in [0.717, 1.165) is 22.4 Å². The summed E-state index contributed by atoms with van der Waals surface area (Å²) in [6, 6.07) is 14.2. The van der Waals surface area contributed by atoms with Crippen LogP contribution in [0.15, 0.2) is 48.5 Å². The van der Waals surface area contributed by atoms with E-state index < -0.39 is 0 Å². The number of H-pyrrole nitrogens is 1. The van der Waals surface area contributed by atoms with Crippen molar-refractivity contribution in [3.05, 3.63) is 76.7 Å². The molecule has 0 unspecified atom stereocenters. The molecule has 1 aliphatic rings. The molecule has 144 valence electrons. The fourth-order valence-electron chi connectivity index (χ4n) is 3.18. The number of rotatable bonds is 4. The number of fused-ring (bicyclic) bond motifs is 1. The van der Waals surface area contributed by atoms with Crippen LogP contribution in [0, 0.1) is 12.7 Å². The number of aromatic amines is 1. The molecule has 0 saturated heterocycles. The molecule has 1 aromatic heterocycles. The molecule has 3 aromatic rings. The highest BCUT2D eigenvalue weighted by atomic mass is 32.2. The molecule has 0 aliphatic carbocycles. The quantitative estimate of drug-likeness (QED) is 0.675. The van der Waals surface area contributed by atoms with Crippen LogP contribution in [-0.4, -0.2) is 21.4 Å². The third-order valence-corrected chi connectivity index (χ3v) is 6.09. The topological polar surface area (TPSA) is 67.0 Å². The SMILES string of the molecule is Cc1[nH]nc2c1[C@H](c1ccc(OCc3cccc(F)c3)cc1)S[C@@H](C)C(=O)N2. The number of thioether (sulfide) groups is 1. The number of aryl methyl sites for hydroxylation is 1. The van der Waals surface area contributed by atoms with Crippen LogP contribution in [0.3, 0.4) is 0 Å². The minimum atomic E-state index is -0.273. The maximum atomic E-state index is 13.3. The van der Waals surface area contributed by atoms with Gasteiger partial charge in [-0.25, -0.2) is 4.39 Å². The predicted octanol–water partition coefficient (Wildman–Crippen LogP) is 4.60. The van der Waals surface area contributed by atoms with Gasteiger partial charge in [0.15, 0.2) is 5.82 Å². The Balaban J connectivity index is 1.54. The normalized spacial score (nSPS) is 18.9. The van der Waals surface area contributed by atoms with Crippen molar-refractivity contribution in [3.63, 3.8) is 0 Å². The number of halogens is 1. The first-order valence-corrected chi connectivity index (χ1v) is 9.94. The Labute approximate surface area is 166 Å². The zero-order chi connectivity index (χ0) is 19.7. The molecule has 2 atom stereocenters. The number of anilines is 1. The van der Waals surface area contributed by atoms with Gasteiger partial charge in [0.25, 0.3) is 0 Å². The zero-order valence-corrected chi connectivity index (χ0v) is 16.3. The van der Waals surface area contributed by atoms with Gasteiger partial charge >= 0.3 is 0 Å². The molecule has 0 fully saturated rings. The van der Waals surface area contributed by atoms with Crippen LogP contribution >= 0.6 is 11.8 Å². The van der Waals surface area contributed by atoms with Crippen LogP contribution in [0.1, 0.15) is 34.6 Å². The molecule has 4 rings (SSSR count). The number of aromatic nitrogens is 2. The highest BCUT2D eigenvalue weighted by Gasteiger charge is 2.32. The number of ether oxygens (including phenoxy) is 1. The van der Waals surface area contributed by atoms with Crippen LogP contribution < -0.4 is 10.1 Å². The summed E-state index contributed by atoms with van der Waals surface area (Å²) >= 11 is 1.59. The first-order chi connectivity index (χ1) is 13.5. The smallest absolute Gasteiger partial charge is 0.238 e. The number of carbonyl (C=O) groups excluding carboxylic acids is 1.